The van der Waals surface area contributed by atoms with E-state index < -0.39 is 19.4 Å². The largest absolute Gasteiger partial charge is 0.497 e. The Morgan fingerprint density at radius 1 is 0.696 bits per heavy atom. The molecule has 0 aliphatic carbocycles. The molecular formula is C33H66N6OP3S3+. The van der Waals surface area contributed by atoms with Gasteiger partial charge in [-0.1, -0.05) is 28.2 Å². The highest BCUT2D eigenvalue weighted by atomic mass is 32.9. The first-order valence-electron chi connectivity index (χ1n) is 17.0. The van der Waals surface area contributed by atoms with E-state index >= 15 is 0 Å². The van der Waals surface area contributed by atoms with E-state index in [2.05, 4.69) is 165 Å². The standard InChI is InChI=1S/C33H66N6OP3S3/c1-23(2)35(24(3)4)41(18,36(25(5)6)26(7)8)39-34-33(46-43(39,45)32-21-19-31(40-17)20-22-32)42(44,37(27(9)10)28(11)12)38(29(13)14)30(15)16/h19-30H,1-18H3/q+1. The van der Waals surface area contributed by atoms with Gasteiger partial charge in [-0.05, 0) is 146 Å². The first kappa shape index (κ1) is 42.6. The van der Waals surface area contributed by atoms with Gasteiger partial charge in [0, 0.05) is 53.6 Å². The molecule has 0 bridgehead atoms. The molecule has 1 aromatic carbocycles. The number of hydrogen-bond acceptors (Lipinski definition) is 7. The summed E-state index contributed by atoms with van der Waals surface area (Å²) in [5, 5.41) is 4.44. The minimum Gasteiger partial charge on any atom is -0.497 e. The Morgan fingerprint density at radius 3 is 1.33 bits per heavy atom. The zero-order valence-corrected chi connectivity index (χ0v) is 37.2. The van der Waals surface area contributed by atoms with Crippen LogP contribution in [0.3, 0.4) is 0 Å². The first-order chi connectivity index (χ1) is 21.0. The van der Waals surface area contributed by atoms with Crippen LogP contribution in [0.25, 0.3) is 0 Å². The molecular weight excluding hydrogens is 686 g/mol. The summed E-state index contributed by atoms with van der Waals surface area (Å²) >= 11 is 16.1. The van der Waals surface area contributed by atoms with E-state index in [1.54, 1.807) is 7.11 Å². The van der Waals surface area contributed by atoms with Crippen molar-refractivity contribution in [3.8, 4) is 5.75 Å². The van der Waals surface area contributed by atoms with E-state index in [-0.39, 0.29) is 48.3 Å². The van der Waals surface area contributed by atoms with Crippen LogP contribution in [0, 0.1) is 0 Å². The van der Waals surface area contributed by atoms with Crippen molar-refractivity contribution in [3.63, 3.8) is 0 Å². The molecule has 0 spiro atoms. The minimum atomic E-state index is -2.61. The molecule has 13 heteroatoms. The van der Waals surface area contributed by atoms with E-state index in [4.69, 9.17) is 33.5 Å². The highest BCUT2D eigenvalue weighted by molar-refractivity contribution is 8.81. The van der Waals surface area contributed by atoms with Crippen LogP contribution in [-0.2, 0) is 23.6 Å². The molecule has 7 nitrogen and oxygen atoms in total. The average Bonchev–Trinajstić information content (AvgIpc) is 3.26. The van der Waals surface area contributed by atoms with Gasteiger partial charge in [0.15, 0.2) is 10.2 Å². The number of methoxy groups -OCH3 is 1. The van der Waals surface area contributed by atoms with Gasteiger partial charge in [0.25, 0.3) is 7.71 Å². The fraction of sp³-hybridized carbons (Fsp3) is 0.788. The summed E-state index contributed by atoms with van der Waals surface area (Å²) in [7, 11) is -0.672. The third kappa shape index (κ3) is 8.14. The Labute approximate surface area is 299 Å². The molecule has 1 atom stereocenters. The Balaban J connectivity index is 3.23. The van der Waals surface area contributed by atoms with Gasteiger partial charge in [-0.15, -0.1) is 14.4 Å². The predicted octanol–water partition coefficient (Wildman–Crippen LogP) is 10.1. The van der Waals surface area contributed by atoms with Crippen molar-refractivity contribution in [2.45, 2.75) is 159 Å². The zero-order valence-electron chi connectivity index (χ0n) is 32.1. The van der Waals surface area contributed by atoms with Crippen LogP contribution in [-0.4, -0.2) is 90.1 Å². The Bertz CT molecular complexity index is 1190. The summed E-state index contributed by atoms with van der Waals surface area (Å²) in [5.41, 5.74) is 0. The van der Waals surface area contributed by atoms with Crippen LogP contribution >= 0.6 is 30.8 Å². The second kappa shape index (κ2) is 16.6. The van der Waals surface area contributed by atoms with Crippen molar-refractivity contribution in [2.75, 3.05) is 13.8 Å². The maximum atomic E-state index is 7.14. The molecule has 1 unspecified atom stereocenters. The molecule has 0 N–H and O–H groups in total. The number of nitrogens with zero attached hydrogens (tertiary/aromatic N) is 6. The average molecular weight is 752 g/mol. The van der Waals surface area contributed by atoms with Crippen LogP contribution in [0.2, 0.25) is 0 Å². The van der Waals surface area contributed by atoms with Crippen molar-refractivity contribution < 1.29 is 4.74 Å². The zero-order chi connectivity index (χ0) is 35.7. The van der Waals surface area contributed by atoms with E-state index in [0.717, 1.165) is 15.8 Å². The second-order valence-corrected chi connectivity index (χ2v) is 29.2. The Kier molecular flexibility index (Phi) is 15.4. The van der Waals surface area contributed by atoms with Gasteiger partial charge in [-0.3, -0.25) is 9.34 Å². The van der Waals surface area contributed by atoms with E-state index in [1.807, 2.05) is 11.4 Å². The van der Waals surface area contributed by atoms with Crippen LogP contribution in [0.1, 0.15) is 111 Å². The predicted molar refractivity (Wildman–Crippen MR) is 219 cm³/mol. The smallest absolute Gasteiger partial charge is 0.272 e. The van der Waals surface area contributed by atoms with Gasteiger partial charge < -0.3 is 4.74 Å². The maximum Gasteiger partial charge on any atom is 0.272 e. The van der Waals surface area contributed by atoms with Gasteiger partial charge in [0.2, 0.25) is 0 Å². The third-order valence-corrected chi connectivity index (χ3v) is 28.5. The lowest BCUT2D eigenvalue weighted by atomic mass is 10.3. The molecule has 0 saturated heterocycles. The molecule has 0 saturated carbocycles. The molecule has 0 fully saturated rings. The van der Waals surface area contributed by atoms with Gasteiger partial charge in [0.1, 0.15) is 18.8 Å². The minimum absolute atomic E-state index is 0.244. The summed E-state index contributed by atoms with van der Waals surface area (Å²) in [6, 6.07) is 10.6. The highest BCUT2D eigenvalue weighted by Crippen LogP contribution is 2.85. The molecule has 0 amide bonds. The van der Waals surface area contributed by atoms with Crippen molar-refractivity contribution in [2.24, 2.45) is 5.10 Å². The molecule has 1 aromatic rings. The van der Waals surface area contributed by atoms with Crippen molar-refractivity contribution in [1.82, 2.24) is 23.2 Å². The van der Waals surface area contributed by atoms with Crippen LogP contribution < -0.4 is 10.0 Å². The number of hydrogen-bond donors (Lipinski definition) is 0. The van der Waals surface area contributed by atoms with Crippen molar-refractivity contribution in [1.29, 1.82) is 0 Å². The number of rotatable bonds is 16. The lowest BCUT2D eigenvalue weighted by molar-refractivity contribution is 0.230. The normalized spacial score (nSPS) is 18.7. The van der Waals surface area contributed by atoms with Gasteiger partial charge in [-0.2, -0.15) is 0 Å². The summed E-state index contributed by atoms with van der Waals surface area (Å²) < 4.78 is 18.7. The van der Waals surface area contributed by atoms with Crippen molar-refractivity contribution in [3.05, 3.63) is 24.3 Å². The Hall–Kier alpha value is 0.410. The molecule has 2 rings (SSSR count). The van der Waals surface area contributed by atoms with E-state index in [9.17, 15) is 0 Å². The molecule has 1 heterocycles. The van der Waals surface area contributed by atoms with Gasteiger partial charge in [0.05, 0.1) is 7.11 Å². The Morgan fingerprint density at radius 2 is 1.04 bits per heavy atom. The molecule has 0 aromatic heterocycles. The van der Waals surface area contributed by atoms with Gasteiger partial charge in [-0.25, -0.2) is 0 Å². The van der Waals surface area contributed by atoms with Crippen LogP contribution in [0.4, 0.5) is 0 Å². The highest BCUT2D eigenvalue weighted by Gasteiger charge is 2.64. The molecule has 0 radical (unpaired) electrons. The summed E-state index contributed by atoms with van der Waals surface area (Å²) in [5.74, 6) is 0.832. The maximum absolute atomic E-state index is 7.14. The lowest BCUT2D eigenvalue weighted by Crippen LogP contribution is -2.51. The second-order valence-electron chi connectivity index (χ2n) is 14.6. The molecule has 1 aliphatic rings. The molecule has 1 aliphatic heterocycles. The topological polar surface area (TPSA) is 37.8 Å². The summed E-state index contributed by atoms with van der Waals surface area (Å²) in [6.07, 6.45) is -2.60. The fourth-order valence-electron chi connectivity index (χ4n) is 7.65. The monoisotopic (exact) mass is 751 g/mol. The number of ether oxygens (including phenoxy) is 1. The first-order valence-corrected chi connectivity index (χ1v) is 26.0. The summed E-state index contributed by atoms with van der Waals surface area (Å²) in [6.45, 7) is 39.3. The SMILES string of the molecule is COc1ccc(P2(=S)SC(P(=S)(N(C(C)C)C(C)C)N(C(C)C)C(C)C)=NN2[P+](C)(N(C(C)C)C(C)C)N(C(C)C)C(C)C)cc1. The summed E-state index contributed by atoms with van der Waals surface area (Å²) in [4.78, 5) is 1.04. The van der Waals surface area contributed by atoms with E-state index in [0.29, 0.717) is 0 Å². The van der Waals surface area contributed by atoms with Gasteiger partial charge >= 0.3 is 0 Å². The van der Waals surface area contributed by atoms with Crippen LogP contribution in [0.5, 0.6) is 5.75 Å². The fourth-order valence-corrected chi connectivity index (χ4v) is 32.2. The number of benzene rings is 1. The van der Waals surface area contributed by atoms with E-state index in [1.165, 1.54) is 0 Å². The molecule has 46 heavy (non-hydrogen) atoms. The quantitative estimate of drug-likeness (QED) is 0.154. The number of hydrazone groups is 1. The third-order valence-electron chi connectivity index (χ3n) is 8.34. The lowest BCUT2D eigenvalue weighted by Gasteiger charge is -2.50. The molecule has 266 valence electrons. The van der Waals surface area contributed by atoms with Crippen LogP contribution in [0.15, 0.2) is 29.4 Å². The van der Waals surface area contributed by atoms with Crippen molar-refractivity contribution >= 4 is 64.5 Å².